The predicted molar refractivity (Wildman–Crippen MR) is 166 cm³/mol. The van der Waals surface area contributed by atoms with Crippen LogP contribution in [0.4, 0.5) is 10.5 Å². The van der Waals surface area contributed by atoms with Crippen molar-refractivity contribution in [2.45, 2.75) is 101 Å². The van der Waals surface area contributed by atoms with E-state index in [1.54, 1.807) is 4.90 Å². The number of halogens is 2. The molecule has 42 heavy (non-hydrogen) atoms. The van der Waals surface area contributed by atoms with Crippen molar-refractivity contribution < 1.29 is 27.4 Å². The van der Waals surface area contributed by atoms with Crippen LogP contribution in [0.3, 0.4) is 0 Å². The van der Waals surface area contributed by atoms with Gasteiger partial charge in [0.2, 0.25) is 5.75 Å². The highest BCUT2D eigenvalue weighted by atomic mass is 35.5. The van der Waals surface area contributed by atoms with E-state index in [0.29, 0.717) is 48.3 Å². The molecule has 10 nitrogen and oxygen atoms in total. The number of methoxy groups -OCH3 is 1. The molecule has 13 heteroatoms. The van der Waals surface area contributed by atoms with Crippen LogP contribution in [-0.4, -0.2) is 66.5 Å². The summed E-state index contributed by atoms with van der Waals surface area (Å²) in [5.74, 6) is 0.645. The van der Waals surface area contributed by atoms with E-state index in [1.165, 1.54) is 50.9 Å². The summed E-state index contributed by atoms with van der Waals surface area (Å²) in [6.07, 6.45) is 7.93. The predicted octanol–water partition coefficient (Wildman–Crippen LogP) is 6.97. The van der Waals surface area contributed by atoms with E-state index in [9.17, 15) is 13.2 Å². The molecule has 0 radical (unpaired) electrons. The number of amides is 1. The maximum atomic E-state index is 12.0. The van der Waals surface area contributed by atoms with Gasteiger partial charge in [-0.15, -0.1) is 0 Å². The van der Waals surface area contributed by atoms with Gasteiger partial charge in [-0.05, 0) is 51.8 Å². The van der Waals surface area contributed by atoms with Gasteiger partial charge in [0.1, 0.15) is 18.0 Å². The molecule has 2 heterocycles. The van der Waals surface area contributed by atoms with Gasteiger partial charge < -0.3 is 24.8 Å². The van der Waals surface area contributed by atoms with Gasteiger partial charge in [-0.1, -0.05) is 56.3 Å². The average Bonchev–Trinajstić information content (AvgIpc) is 3.78. The molecule has 1 saturated carbocycles. The molecule has 1 saturated heterocycles. The van der Waals surface area contributed by atoms with Crippen molar-refractivity contribution in [1.29, 1.82) is 0 Å². The highest BCUT2D eigenvalue weighted by molar-refractivity contribution is 7.92. The molecule has 0 bridgehead atoms. The van der Waals surface area contributed by atoms with Gasteiger partial charge in [0.15, 0.2) is 15.0 Å². The molecule has 1 amide bonds. The number of nitrogens with two attached hydrogens (primary N) is 1. The number of nitrogens with zero attached hydrogens (tertiary/aromatic N) is 3. The van der Waals surface area contributed by atoms with Crippen molar-refractivity contribution in [3.63, 3.8) is 0 Å². The summed E-state index contributed by atoms with van der Waals surface area (Å²) in [6, 6.07) is 4.46. The third kappa shape index (κ3) is 11.3. The van der Waals surface area contributed by atoms with E-state index in [1.807, 2.05) is 20.8 Å². The lowest BCUT2D eigenvalue weighted by molar-refractivity contribution is 0.0120. The molecule has 1 aliphatic carbocycles. The topological polar surface area (TPSA) is 134 Å². The Morgan fingerprint density at radius 3 is 2.17 bits per heavy atom. The molecule has 1 aliphatic heterocycles. The first kappa shape index (κ1) is 35.7. The molecule has 236 valence electrons. The zero-order chi connectivity index (χ0) is 31.5. The number of piperidine rings is 1. The monoisotopic (exact) mass is 646 g/mol. The number of ether oxygens (including phenoxy) is 3. The van der Waals surface area contributed by atoms with Crippen LogP contribution >= 0.6 is 23.2 Å². The quantitative estimate of drug-likeness (QED) is 0.250. The van der Waals surface area contributed by atoms with Crippen LogP contribution in [-0.2, 0) is 14.6 Å². The van der Waals surface area contributed by atoms with Crippen LogP contribution in [0.2, 0.25) is 10.2 Å². The molecular weight excluding hydrogens is 603 g/mol. The molecule has 2 fully saturated rings. The van der Waals surface area contributed by atoms with Crippen LogP contribution < -0.4 is 15.2 Å². The Labute approximate surface area is 260 Å². The minimum atomic E-state index is -3.15. The fourth-order valence-electron chi connectivity index (χ4n) is 3.84. The maximum absolute atomic E-state index is 12.0. The standard InChI is InChI=1S/C15H22ClN3O4.C9H10ClNO2S.C5H12/c1-15(2,3)23-14(20)19-7-5-10(6-8-19)22-13-11(21-4)12(16)17-9-18-13;10-8-5-7(3-4-9(8)11)14(12,13)6-1-2-6;1-3-5-4-2/h9-10H,5-8H2,1-4H3;3-6H,1-2,11H2;3-5H2,1-2H3. The first-order valence-corrected chi connectivity index (χ1v) is 16.5. The number of sulfone groups is 1. The Morgan fingerprint density at radius 2 is 1.69 bits per heavy atom. The molecular formula is C29H44Cl2N4O6S. The van der Waals surface area contributed by atoms with Crippen LogP contribution in [0.15, 0.2) is 29.4 Å². The van der Waals surface area contributed by atoms with E-state index in [2.05, 4.69) is 23.8 Å². The lowest BCUT2D eigenvalue weighted by atomic mass is 10.1. The molecule has 2 N–H and O–H groups in total. The normalized spacial score (nSPS) is 15.5. The van der Waals surface area contributed by atoms with Gasteiger partial charge in [-0.2, -0.15) is 4.98 Å². The Hall–Kier alpha value is -2.50. The van der Waals surface area contributed by atoms with E-state index in [-0.39, 0.29) is 27.5 Å². The number of rotatable bonds is 7. The summed E-state index contributed by atoms with van der Waals surface area (Å²) >= 11 is 11.7. The van der Waals surface area contributed by atoms with Crippen molar-refractivity contribution in [2.24, 2.45) is 0 Å². The summed E-state index contributed by atoms with van der Waals surface area (Å²) in [5.41, 5.74) is 5.41. The fourth-order valence-corrected chi connectivity index (χ4v) is 5.97. The summed E-state index contributed by atoms with van der Waals surface area (Å²) in [4.78, 5) is 21.9. The Morgan fingerprint density at radius 1 is 1.07 bits per heavy atom. The second kappa shape index (κ2) is 16.4. The van der Waals surface area contributed by atoms with Crippen molar-refractivity contribution in [2.75, 3.05) is 25.9 Å². The van der Waals surface area contributed by atoms with Gasteiger partial charge in [-0.25, -0.2) is 18.2 Å². The number of likely N-dealkylation sites (tertiary alicyclic amines) is 1. The number of hydrogen-bond donors (Lipinski definition) is 1. The minimum Gasteiger partial charge on any atom is -0.489 e. The van der Waals surface area contributed by atoms with Crippen LogP contribution in [0, 0.1) is 0 Å². The van der Waals surface area contributed by atoms with Crippen molar-refractivity contribution in [1.82, 2.24) is 14.9 Å². The summed E-state index contributed by atoms with van der Waals surface area (Å²) in [7, 11) is -1.66. The maximum Gasteiger partial charge on any atom is 0.410 e. The van der Waals surface area contributed by atoms with Gasteiger partial charge in [0.05, 0.1) is 28.0 Å². The second-order valence-corrected chi connectivity index (χ2v) is 14.1. The molecule has 0 atom stereocenters. The number of hydrogen-bond acceptors (Lipinski definition) is 9. The minimum absolute atomic E-state index is 0.0615. The lowest BCUT2D eigenvalue weighted by Gasteiger charge is -2.33. The van der Waals surface area contributed by atoms with E-state index in [0.717, 1.165) is 12.8 Å². The Balaban J connectivity index is 0.000000273. The van der Waals surface area contributed by atoms with E-state index >= 15 is 0 Å². The third-order valence-electron chi connectivity index (χ3n) is 6.27. The highest BCUT2D eigenvalue weighted by Crippen LogP contribution is 2.35. The second-order valence-electron chi connectivity index (χ2n) is 11.1. The highest BCUT2D eigenvalue weighted by Gasteiger charge is 2.37. The van der Waals surface area contributed by atoms with E-state index in [4.69, 9.17) is 43.1 Å². The Kier molecular flexibility index (Phi) is 13.9. The van der Waals surface area contributed by atoms with Gasteiger partial charge >= 0.3 is 6.09 Å². The van der Waals surface area contributed by atoms with Crippen LogP contribution in [0.1, 0.15) is 79.6 Å². The SMILES string of the molecule is CCCCC.COc1c(Cl)ncnc1OC1CCN(C(=O)OC(C)(C)C)CC1.Nc1ccc(S(=O)(=O)C2CC2)cc1Cl. The van der Waals surface area contributed by atoms with Crippen molar-refractivity contribution >= 4 is 44.8 Å². The fraction of sp³-hybridized carbons (Fsp3) is 0.621. The zero-order valence-electron chi connectivity index (χ0n) is 25.4. The molecule has 2 aliphatic rings. The summed E-state index contributed by atoms with van der Waals surface area (Å²) in [6.45, 7) is 11.1. The number of carbonyl (C=O) groups is 1. The summed E-state index contributed by atoms with van der Waals surface area (Å²) in [5, 5.41) is 0.303. The van der Waals surface area contributed by atoms with Crippen LogP contribution in [0.5, 0.6) is 11.6 Å². The van der Waals surface area contributed by atoms with Gasteiger partial charge in [0.25, 0.3) is 5.88 Å². The molecule has 1 aromatic carbocycles. The number of carbonyl (C=O) groups excluding carboxylic acids is 1. The number of benzene rings is 1. The lowest BCUT2D eigenvalue weighted by Crippen LogP contribution is -2.44. The van der Waals surface area contributed by atoms with Crippen LogP contribution in [0.25, 0.3) is 0 Å². The molecule has 0 spiro atoms. The van der Waals surface area contributed by atoms with Gasteiger partial charge in [-0.3, -0.25) is 0 Å². The largest absolute Gasteiger partial charge is 0.489 e. The molecule has 2 aromatic rings. The molecule has 4 rings (SSSR count). The summed E-state index contributed by atoms with van der Waals surface area (Å²) < 4.78 is 39.9. The van der Waals surface area contributed by atoms with Crippen molar-refractivity contribution in [3.05, 3.63) is 34.7 Å². The first-order valence-electron chi connectivity index (χ1n) is 14.2. The number of nitrogen functional groups attached to an aromatic ring is 1. The molecule has 0 unspecified atom stereocenters. The smallest absolute Gasteiger partial charge is 0.410 e. The number of anilines is 1. The third-order valence-corrected chi connectivity index (χ3v) is 9.13. The van der Waals surface area contributed by atoms with Gasteiger partial charge in [0, 0.05) is 25.9 Å². The average molecular weight is 648 g/mol. The zero-order valence-corrected chi connectivity index (χ0v) is 27.7. The number of unbranched alkanes of at least 4 members (excludes halogenated alkanes) is 2. The van der Waals surface area contributed by atoms with E-state index < -0.39 is 15.4 Å². The molecule has 1 aromatic heterocycles. The van der Waals surface area contributed by atoms with Crippen molar-refractivity contribution in [3.8, 4) is 11.6 Å². The first-order chi connectivity index (χ1) is 19.7. The number of aromatic nitrogens is 2. The Bertz CT molecular complexity index is 1260.